The summed E-state index contributed by atoms with van der Waals surface area (Å²) in [6.07, 6.45) is 1.08. The van der Waals surface area contributed by atoms with Crippen LogP contribution in [-0.4, -0.2) is 64.8 Å². The molecule has 1 atom stereocenters. The van der Waals surface area contributed by atoms with E-state index in [0.717, 1.165) is 30.4 Å². The number of aromatic nitrogens is 2. The van der Waals surface area contributed by atoms with E-state index in [2.05, 4.69) is 14.9 Å². The fraction of sp³-hybridized carbons (Fsp3) is 0.692. The summed E-state index contributed by atoms with van der Waals surface area (Å²) in [5, 5.41) is 9.32. The molecule has 0 aromatic carbocycles. The Morgan fingerprint density at radius 1 is 1.29 bits per heavy atom. The Morgan fingerprint density at radius 2 is 2.00 bits per heavy atom. The number of hydrogen-bond donors (Lipinski definition) is 1. The molecule has 0 aliphatic carbocycles. The molecule has 2 saturated heterocycles. The third-order valence-corrected chi connectivity index (χ3v) is 4.80. The zero-order valence-corrected chi connectivity index (χ0v) is 12.4. The summed E-state index contributed by atoms with van der Waals surface area (Å²) >= 11 is 1.90. The first-order valence-electron chi connectivity index (χ1n) is 6.99. The molecule has 1 aromatic heterocycles. The largest absolute Gasteiger partial charge is 0.394 e. The van der Waals surface area contributed by atoms with Crippen molar-refractivity contribution in [3.05, 3.63) is 12.4 Å². The van der Waals surface area contributed by atoms with Crippen molar-refractivity contribution < 1.29 is 13.9 Å². The topological polar surface area (TPSA) is 52.5 Å². The maximum absolute atomic E-state index is 13.6. The van der Waals surface area contributed by atoms with Crippen molar-refractivity contribution in [1.29, 1.82) is 0 Å². The van der Waals surface area contributed by atoms with Gasteiger partial charge in [0.05, 0.1) is 19.2 Å². The first-order valence-corrected chi connectivity index (χ1v) is 8.14. The van der Waals surface area contributed by atoms with Crippen LogP contribution in [0, 0.1) is 0 Å². The molecule has 0 spiro atoms. The van der Waals surface area contributed by atoms with Gasteiger partial charge in [-0.15, -0.1) is 0 Å². The summed E-state index contributed by atoms with van der Waals surface area (Å²) in [6.45, 7) is 1.11. The zero-order chi connectivity index (χ0) is 14.9. The summed E-state index contributed by atoms with van der Waals surface area (Å²) in [5.41, 5.74) is 0. The number of aliphatic hydroxyl groups excluding tert-OH is 1. The molecular weight excluding hydrogens is 298 g/mol. The maximum Gasteiger partial charge on any atom is 0.267 e. The molecule has 0 radical (unpaired) electrons. The van der Waals surface area contributed by atoms with Crippen LogP contribution in [0.1, 0.15) is 6.42 Å². The van der Waals surface area contributed by atoms with Crippen LogP contribution in [0.3, 0.4) is 0 Å². The lowest BCUT2D eigenvalue weighted by Crippen LogP contribution is -2.35. The van der Waals surface area contributed by atoms with E-state index in [1.165, 1.54) is 11.2 Å². The number of alkyl halides is 2. The van der Waals surface area contributed by atoms with Crippen molar-refractivity contribution in [2.45, 2.75) is 18.4 Å². The summed E-state index contributed by atoms with van der Waals surface area (Å²) in [5.74, 6) is 0.544. The van der Waals surface area contributed by atoms with Crippen LogP contribution in [0.4, 0.5) is 20.4 Å². The van der Waals surface area contributed by atoms with Crippen molar-refractivity contribution in [2.75, 3.05) is 47.5 Å². The molecule has 1 unspecified atom stereocenters. The summed E-state index contributed by atoms with van der Waals surface area (Å²) in [6, 6.07) is 1.17. The van der Waals surface area contributed by atoms with Gasteiger partial charge in [0.25, 0.3) is 5.92 Å². The number of rotatable bonds is 3. The SMILES string of the molecule is OCC1CC(F)(F)CN1c1cc(N2CCSCC2)ncn1. The lowest BCUT2D eigenvalue weighted by Gasteiger charge is -2.29. The molecule has 3 rings (SSSR count). The number of nitrogens with zero attached hydrogens (tertiary/aromatic N) is 4. The Kier molecular flexibility index (Phi) is 4.17. The van der Waals surface area contributed by atoms with Crippen LogP contribution in [0.5, 0.6) is 0 Å². The molecule has 2 aliphatic heterocycles. The van der Waals surface area contributed by atoms with Crippen molar-refractivity contribution in [3.63, 3.8) is 0 Å². The highest BCUT2D eigenvalue weighted by Gasteiger charge is 2.45. The number of hydrogen-bond acceptors (Lipinski definition) is 6. The van der Waals surface area contributed by atoms with Gasteiger partial charge in [-0.2, -0.15) is 11.8 Å². The van der Waals surface area contributed by atoms with Crippen LogP contribution in [0.15, 0.2) is 12.4 Å². The molecule has 3 heterocycles. The monoisotopic (exact) mass is 316 g/mol. The highest BCUT2D eigenvalue weighted by atomic mass is 32.2. The third-order valence-electron chi connectivity index (χ3n) is 3.86. The number of anilines is 2. The summed E-state index contributed by atoms with van der Waals surface area (Å²) in [7, 11) is 0. The van der Waals surface area contributed by atoms with E-state index in [1.807, 2.05) is 11.8 Å². The van der Waals surface area contributed by atoms with Crippen LogP contribution in [0.2, 0.25) is 0 Å². The van der Waals surface area contributed by atoms with Gasteiger partial charge >= 0.3 is 0 Å². The maximum atomic E-state index is 13.6. The van der Waals surface area contributed by atoms with Gasteiger partial charge in [-0.1, -0.05) is 0 Å². The van der Waals surface area contributed by atoms with Gasteiger partial charge in [-0.25, -0.2) is 18.7 Å². The van der Waals surface area contributed by atoms with E-state index in [1.54, 1.807) is 6.07 Å². The quantitative estimate of drug-likeness (QED) is 0.905. The number of thioether (sulfide) groups is 1. The Bertz CT molecular complexity index is 499. The predicted molar refractivity (Wildman–Crippen MR) is 79.4 cm³/mol. The third kappa shape index (κ3) is 3.21. The number of halogens is 2. The van der Waals surface area contributed by atoms with Gasteiger partial charge in [0, 0.05) is 37.1 Å². The van der Waals surface area contributed by atoms with Crippen molar-refractivity contribution >= 4 is 23.4 Å². The second-order valence-electron chi connectivity index (χ2n) is 5.36. The number of aliphatic hydroxyl groups is 1. The van der Waals surface area contributed by atoms with Gasteiger partial charge in [-0.05, 0) is 0 Å². The van der Waals surface area contributed by atoms with Crippen molar-refractivity contribution in [2.24, 2.45) is 0 Å². The van der Waals surface area contributed by atoms with Gasteiger partial charge in [0.1, 0.15) is 18.0 Å². The molecule has 2 aliphatic rings. The standard InChI is InChI=1S/C13H18F2N4OS/c14-13(15)6-10(7-20)19(8-13)12-5-11(16-9-17-12)18-1-3-21-4-2-18/h5,9-10,20H,1-4,6-8H2. The van der Waals surface area contributed by atoms with Gasteiger partial charge in [-0.3, -0.25) is 0 Å². The van der Waals surface area contributed by atoms with Gasteiger partial charge < -0.3 is 14.9 Å². The van der Waals surface area contributed by atoms with Crippen LogP contribution >= 0.6 is 11.8 Å². The Hall–Kier alpha value is -1.15. The smallest absolute Gasteiger partial charge is 0.267 e. The van der Waals surface area contributed by atoms with Gasteiger partial charge in [0.2, 0.25) is 0 Å². The van der Waals surface area contributed by atoms with Crippen LogP contribution in [-0.2, 0) is 0 Å². The second kappa shape index (κ2) is 5.92. The van der Waals surface area contributed by atoms with E-state index >= 15 is 0 Å². The molecule has 8 heteroatoms. The van der Waals surface area contributed by atoms with E-state index < -0.39 is 18.5 Å². The lowest BCUT2D eigenvalue weighted by molar-refractivity contribution is 0.0201. The Morgan fingerprint density at radius 3 is 2.71 bits per heavy atom. The molecule has 0 bridgehead atoms. The molecule has 5 nitrogen and oxygen atoms in total. The molecular formula is C13H18F2N4OS. The fourth-order valence-electron chi connectivity index (χ4n) is 2.79. The van der Waals surface area contributed by atoms with E-state index in [-0.39, 0.29) is 13.0 Å². The van der Waals surface area contributed by atoms with E-state index in [0.29, 0.717) is 5.82 Å². The van der Waals surface area contributed by atoms with Crippen molar-refractivity contribution in [3.8, 4) is 0 Å². The first-order chi connectivity index (χ1) is 10.1. The average Bonchev–Trinajstić information content (AvgIpc) is 2.83. The fourth-order valence-corrected chi connectivity index (χ4v) is 3.69. The lowest BCUT2D eigenvalue weighted by atomic mass is 10.2. The Balaban J connectivity index is 1.82. The molecule has 116 valence electrons. The minimum Gasteiger partial charge on any atom is -0.394 e. The summed E-state index contributed by atoms with van der Waals surface area (Å²) in [4.78, 5) is 12.0. The Labute approximate surface area is 126 Å². The molecule has 2 fully saturated rings. The molecule has 0 amide bonds. The molecule has 1 aromatic rings. The zero-order valence-electron chi connectivity index (χ0n) is 11.6. The molecule has 1 N–H and O–H groups in total. The van der Waals surface area contributed by atoms with Crippen LogP contribution in [0.25, 0.3) is 0 Å². The average molecular weight is 316 g/mol. The summed E-state index contributed by atoms with van der Waals surface area (Å²) < 4.78 is 27.1. The molecule has 21 heavy (non-hydrogen) atoms. The van der Waals surface area contributed by atoms with E-state index in [4.69, 9.17) is 0 Å². The van der Waals surface area contributed by atoms with Gasteiger partial charge in [0.15, 0.2) is 0 Å². The molecule has 0 saturated carbocycles. The highest BCUT2D eigenvalue weighted by molar-refractivity contribution is 7.99. The first kappa shape index (κ1) is 14.8. The normalized spacial score (nSPS) is 25.4. The van der Waals surface area contributed by atoms with Crippen LogP contribution < -0.4 is 9.80 Å². The highest BCUT2D eigenvalue weighted by Crippen LogP contribution is 2.35. The minimum atomic E-state index is -2.78. The minimum absolute atomic E-state index is 0.296. The predicted octanol–water partition coefficient (Wildman–Crippen LogP) is 1.24. The van der Waals surface area contributed by atoms with Crippen molar-refractivity contribution in [1.82, 2.24) is 9.97 Å². The van der Waals surface area contributed by atoms with E-state index in [9.17, 15) is 13.9 Å². The second-order valence-corrected chi connectivity index (χ2v) is 6.58.